The summed E-state index contributed by atoms with van der Waals surface area (Å²) in [6.45, 7) is 4.79. The number of fused-ring (bicyclic) bond motifs is 10. The predicted molar refractivity (Wildman–Crippen MR) is 240 cm³/mol. The van der Waals surface area contributed by atoms with Gasteiger partial charge in [0.2, 0.25) is 0 Å². The summed E-state index contributed by atoms with van der Waals surface area (Å²) in [7, 11) is 0. The lowest BCUT2D eigenvalue weighted by Gasteiger charge is -2.50. The topological polar surface area (TPSA) is 12.5 Å². The maximum atomic E-state index is 6.93. The summed E-state index contributed by atoms with van der Waals surface area (Å²) in [4.78, 5) is 2.39. The highest BCUT2D eigenvalue weighted by Crippen LogP contribution is 2.63. The van der Waals surface area contributed by atoms with Crippen molar-refractivity contribution in [3.8, 4) is 33.8 Å². The molecule has 0 radical (unpaired) electrons. The lowest BCUT2D eigenvalue weighted by atomic mass is 9.53. The molecule has 58 heavy (non-hydrogen) atoms. The van der Waals surface area contributed by atoms with Crippen LogP contribution in [0.25, 0.3) is 33.0 Å². The molecule has 0 N–H and O–H groups in total. The SMILES string of the molecule is CC1(C)c2ccccc2C2(c3ccccc3Oc3ccc(N(c4ccc(-c5ccccc5)cc4)c4ccc(-c5ccccc5)cc4)cc32)c2ccc3ccccc3c21. The number of anilines is 3. The first-order valence-electron chi connectivity index (χ1n) is 20.2. The van der Waals surface area contributed by atoms with Crippen molar-refractivity contribution in [3.63, 3.8) is 0 Å². The Morgan fingerprint density at radius 2 is 0.862 bits per heavy atom. The third-order valence-electron chi connectivity index (χ3n) is 12.6. The molecule has 2 aliphatic rings. The normalized spacial score (nSPS) is 15.8. The highest BCUT2D eigenvalue weighted by atomic mass is 16.5. The highest BCUT2D eigenvalue weighted by molar-refractivity contribution is 5.92. The van der Waals surface area contributed by atoms with E-state index in [-0.39, 0.29) is 5.41 Å². The summed E-state index contributed by atoms with van der Waals surface area (Å²) in [5, 5.41) is 2.54. The van der Waals surface area contributed by atoms with Crippen LogP contribution in [0.3, 0.4) is 0 Å². The Kier molecular flexibility index (Phi) is 7.78. The molecule has 0 saturated heterocycles. The summed E-state index contributed by atoms with van der Waals surface area (Å²) in [6.07, 6.45) is 0. The van der Waals surface area contributed by atoms with Crippen LogP contribution in [0, 0.1) is 0 Å². The fourth-order valence-corrected chi connectivity index (χ4v) is 9.96. The van der Waals surface area contributed by atoms with Gasteiger partial charge in [0.05, 0.1) is 5.41 Å². The van der Waals surface area contributed by atoms with E-state index in [1.165, 1.54) is 55.3 Å². The lowest BCUT2D eigenvalue weighted by molar-refractivity contribution is 0.426. The van der Waals surface area contributed by atoms with Gasteiger partial charge in [0, 0.05) is 33.6 Å². The van der Waals surface area contributed by atoms with Crippen LogP contribution in [0.15, 0.2) is 212 Å². The van der Waals surface area contributed by atoms with Crippen LogP contribution < -0.4 is 9.64 Å². The van der Waals surface area contributed by atoms with E-state index in [0.717, 1.165) is 39.7 Å². The lowest BCUT2D eigenvalue weighted by Crippen LogP contribution is -2.43. The first-order valence-corrected chi connectivity index (χ1v) is 20.2. The standard InChI is InChI=1S/C56H41NO/c1-55(2)47-21-11-12-22-48(47)56(50-35-29-42-19-9-10-20-46(42)54(50)55)49-23-13-14-24-52(49)58-53-36-34-45(37-51(53)56)57(43-30-25-40(26-31-43)38-15-5-3-6-16-38)44-32-27-41(28-33-44)39-17-7-4-8-18-39/h3-37H,1-2H3. The third kappa shape index (κ3) is 5.11. The third-order valence-corrected chi connectivity index (χ3v) is 12.6. The van der Waals surface area contributed by atoms with Gasteiger partial charge in [-0.1, -0.05) is 178 Å². The average Bonchev–Trinajstić information content (AvgIpc) is 3.29. The van der Waals surface area contributed by atoms with Crippen LogP contribution >= 0.6 is 0 Å². The van der Waals surface area contributed by atoms with Gasteiger partial charge in [0.25, 0.3) is 0 Å². The van der Waals surface area contributed by atoms with E-state index in [9.17, 15) is 0 Å². The molecule has 2 heteroatoms. The van der Waals surface area contributed by atoms with E-state index < -0.39 is 5.41 Å². The molecule has 9 aromatic carbocycles. The minimum absolute atomic E-state index is 0.254. The number of ether oxygens (including phenoxy) is 1. The smallest absolute Gasteiger partial charge is 0.132 e. The van der Waals surface area contributed by atoms with E-state index >= 15 is 0 Å². The summed E-state index contributed by atoms with van der Waals surface area (Å²) >= 11 is 0. The van der Waals surface area contributed by atoms with Gasteiger partial charge < -0.3 is 9.64 Å². The number of para-hydroxylation sites is 1. The van der Waals surface area contributed by atoms with E-state index in [1.807, 2.05) is 0 Å². The number of benzene rings is 9. The first kappa shape index (κ1) is 34.1. The molecule has 0 bridgehead atoms. The van der Waals surface area contributed by atoms with Gasteiger partial charge in [0.1, 0.15) is 11.5 Å². The van der Waals surface area contributed by atoms with Crippen LogP contribution in [-0.2, 0) is 10.8 Å². The quantitative estimate of drug-likeness (QED) is 0.174. The van der Waals surface area contributed by atoms with Crippen LogP contribution in [0.5, 0.6) is 11.5 Å². The minimum Gasteiger partial charge on any atom is -0.457 e. The molecular formula is C56H41NO. The summed E-state index contributed by atoms with van der Waals surface area (Å²) in [6, 6.07) is 77.3. The van der Waals surface area contributed by atoms with E-state index in [0.29, 0.717) is 0 Å². The van der Waals surface area contributed by atoms with E-state index in [4.69, 9.17) is 4.74 Å². The van der Waals surface area contributed by atoms with Gasteiger partial charge >= 0.3 is 0 Å². The summed E-state index contributed by atoms with van der Waals surface area (Å²) in [5.41, 5.74) is 14.7. The largest absolute Gasteiger partial charge is 0.457 e. The monoisotopic (exact) mass is 743 g/mol. The van der Waals surface area contributed by atoms with Gasteiger partial charge in [-0.2, -0.15) is 0 Å². The zero-order valence-electron chi connectivity index (χ0n) is 32.6. The zero-order valence-corrected chi connectivity index (χ0v) is 32.6. The van der Waals surface area contributed by atoms with Crippen molar-refractivity contribution in [2.75, 3.05) is 4.90 Å². The van der Waals surface area contributed by atoms with Crippen molar-refractivity contribution in [1.82, 2.24) is 0 Å². The Balaban J connectivity index is 1.17. The van der Waals surface area contributed by atoms with Crippen molar-refractivity contribution in [2.45, 2.75) is 24.7 Å². The van der Waals surface area contributed by atoms with Crippen molar-refractivity contribution in [1.29, 1.82) is 0 Å². The van der Waals surface area contributed by atoms with Crippen molar-refractivity contribution >= 4 is 27.8 Å². The molecule has 0 amide bonds. The summed E-state index contributed by atoms with van der Waals surface area (Å²) < 4.78 is 6.93. The first-order chi connectivity index (χ1) is 28.5. The molecule has 0 saturated carbocycles. The molecule has 0 fully saturated rings. The molecule has 1 spiro atoms. The Morgan fingerprint density at radius 3 is 1.52 bits per heavy atom. The Hall–Kier alpha value is -7.16. The second-order valence-electron chi connectivity index (χ2n) is 16.1. The molecule has 276 valence electrons. The van der Waals surface area contributed by atoms with E-state index in [1.54, 1.807) is 0 Å². The van der Waals surface area contributed by atoms with Gasteiger partial charge in [-0.25, -0.2) is 0 Å². The average molecular weight is 744 g/mol. The Morgan fingerprint density at radius 1 is 0.362 bits per heavy atom. The van der Waals surface area contributed by atoms with Crippen LogP contribution in [-0.4, -0.2) is 0 Å². The maximum absolute atomic E-state index is 6.93. The van der Waals surface area contributed by atoms with Crippen molar-refractivity contribution in [3.05, 3.63) is 246 Å². The second kappa shape index (κ2) is 13.2. The van der Waals surface area contributed by atoms with Gasteiger partial charge in [-0.05, 0) is 104 Å². The number of hydrogen-bond acceptors (Lipinski definition) is 2. The molecule has 11 rings (SSSR count). The number of hydrogen-bond donors (Lipinski definition) is 0. The Bertz CT molecular complexity index is 2900. The van der Waals surface area contributed by atoms with Gasteiger partial charge in [0.15, 0.2) is 0 Å². The fraction of sp³-hybridized carbons (Fsp3) is 0.0714. The highest BCUT2D eigenvalue weighted by Gasteiger charge is 2.53. The van der Waals surface area contributed by atoms with Gasteiger partial charge in [-0.15, -0.1) is 0 Å². The molecule has 1 heterocycles. The van der Waals surface area contributed by atoms with Crippen molar-refractivity contribution in [2.24, 2.45) is 0 Å². The molecule has 1 unspecified atom stereocenters. The van der Waals surface area contributed by atoms with Crippen molar-refractivity contribution < 1.29 is 4.74 Å². The molecular weight excluding hydrogens is 703 g/mol. The molecule has 1 aliphatic carbocycles. The molecule has 1 aliphatic heterocycles. The fourth-order valence-electron chi connectivity index (χ4n) is 9.96. The van der Waals surface area contributed by atoms with E-state index in [2.05, 4.69) is 231 Å². The zero-order chi connectivity index (χ0) is 38.8. The predicted octanol–water partition coefficient (Wildman–Crippen LogP) is 14.8. The van der Waals surface area contributed by atoms with Crippen LogP contribution in [0.4, 0.5) is 17.1 Å². The van der Waals surface area contributed by atoms with Crippen LogP contribution in [0.2, 0.25) is 0 Å². The molecule has 0 aromatic heterocycles. The molecule has 9 aromatic rings. The number of rotatable bonds is 5. The minimum atomic E-state index is -0.647. The number of nitrogens with zero attached hydrogens (tertiary/aromatic N) is 1. The summed E-state index contributed by atoms with van der Waals surface area (Å²) in [5.74, 6) is 1.76. The van der Waals surface area contributed by atoms with Gasteiger partial charge in [-0.3, -0.25) is 0 Å². The second-order valence-corrected chi connectivity index (χ2v) is 16.1. The maximum Gasteiger partial charge on any atom is 0.132 e. The molecule has 2 nitrogen and oxygen atoms in total. The Labute approximate surface area is 340 Å². The van der Waals surface area contributed by atoms with Crippen LogP contribution in [0.1, 0.15) is 47.2 Å². The molecule has 1 atom stereocenters.